The standard InChI is InChI=1S/C23H27BrN2O4S2/c1-12(2)16-10-5-13(3)11-17(16)29-22-19(18(24)21(27)30-22)31-23-26-25-20(32-23)14-6-8-15(28-4)9-7-14/h6-9,12-13,16-17,22H,5,10-11H2,1-4H3/t13?,16?,17?,22-/m0/s1. The smallest absolute Gasteiger partial charge is 0.348 e. The summed E-state index contributed by atoms with van der Waals surface area (Å²) in [6.45, 7) is 6.74. The Hall–Kier alpha value is -1.42. The van der Waals surface area contributed by atoms with E-state index in [9.17, 15) is 4.79 Å². The van der Waals surface area contributed by atoms with Crippen LogP contribution in [0.4, 0.5) is 0 Å². The van der Waals surface area contributed by atoms with Gasteiger partial charge in [0.05, 0.1) is 18.1 Å². The molecule has 4 atom stereocenters. The summed E-state index contributed by atoms with van der Waals surface area (Å²) in [5.74, 6) is 1.97. The molecular weight excluding hydrogens is 512 g/mol. The molecule has 2 heterocycles. The fourth-order valence-electron chi connectivity index (χ4n) is 4.21. The van der Waals surface area contributed by atoms with Crippen LogP contribution in [-0.2, 0) is 14.3 Å². The number of carbonyl (C=O) groups is 1. The first-order chi connectivity index (χ1) is 15.4. The van der Waals surface area contributed by atoms with Gasteiger partial charge in [-0.05, 0) is 70.8 Å². The molecule has 0 N–H and O–H groups in total. The molecule has 4 rings (SSSR count). The van der Waals surface area contributed by atoms with E-state index in [0.717, 1.165) is 33.5 Å². The van der Waals surface area contributed by atoms with Gasteiger partial charge in [0.25, 0.3) is 0 Å². The molecule has 0 amide bonds. The topological polar surface area (TPSA) is 70.5 Å². The zero-order valence-corrected chi connectivity index (χ0v) is 21.8. The predicted molar refractivity (Wildman–Crippen MR) is 130 cm³/mol. The minimum Gasteiger partial charge on any atom is -0.497 e. The van der Waals surface area contributed by atoms with Gasteiger partial charge >= 0.3 is 5.97 Å². The number of methoxy groups -OCH3 is 1. The van der Waals surface area contributed by atoms with E-state index < -0.39 is 12.3 Å². The number of cyclic esters (lactones) is 1. The summed E-state index contributed by atoms with van der Waals surface area (Å²) in [4.78, 5) is 13.0. The second-order valence-electron chi connectivity index (χ2n) is 8.62. The monoisotopic (exact) mass is 538 g/mol. The van der Waals surface area contributed by atoms with Crippen molar-refractivity contribution in [3.8, 4) is 16.3 Å². The first-order valence-electron chi connectivity index (χ1n) is 10.8. The summed E-state index contributed by atoms with van der Waals surface area (Å²) in [7, 11) is 1.64. The highest BCUT2D eigenvalue weighted by atomic mass is 79.9. The molecule has 1 saturated carbocycles. The van der Waals surface area contributed by atoms with E-state index in [2.05, 4.69) is 46.9 Å². The van der Waals surface area contributed by atoms with Gasteiger partial charge in [0.2, 0.25) is 6.29 Å². The molecule has 2 aromatic rings. The fourth-order valence-corrected chi connectivity index (χ4v) is 6.64. The number of ether oxygens (including phenoxy) is 3. The molecule has 172 valence electrons. The first kappa shape index (κ1) is 23.7. The maximum absolute atomic E-state index is 12.3. The third-order valence-corrected chi connectivity index (χ3v) is 9.18. The Labute approximate surface area is 205 Å². The number of aromatic nitrogens is 2. The molecule has 2 aliphatic rings. The zero-order valence-electron chi connectivity index (χ0n) is 18.5. The highest BCUT2D eigenvalue weighted by molar-refractivity contribution is 9.12. The van der Waals surface area contributed by atoms with Crippen LogP contribution in [0.1, 0.15) is 40.0 Å². The van der Waals surface area contributed by atoms with E-state index in [4.69, 9.17) is 14.2 Å². The number of carbonyl (C=O) groups excluding carboxylic acids is 1. The van der Waals surface area contributed by atoms with Crippen LogP contribution in [-0.4, -0.2) is 35.7 Å². The Morgan fingerprint density at radius 1 is 1.22 bits per heavy atom. The predicted octanol–water partition coefficient (Wildman–Crippen LogP) is 6.27. The maximum Gasteiger partial charge on any atom is 0.348 e. The first-order valence-corrected chi connectivity index (χ1v) is 13.2. The minimum absolute atomic E-state index is 0.0647. The second kappa shape index (κ2) is 10.2. The van der Waals surface area contributed by atoms with Crippen molar-refractivity contribution in [2.75, 3.05) is 7.11 Å². The van der Waals surface area contributed by atoms with Gasteiger partial charge in [0.15, 0.2) is 4.34 Å². The van der Waals surface area contributed by atoms with E-state index >= 15 is 0 Å². The molecule has 3 unspecified atom stereocenters. The van der Waals surface area contributed by atoms with Crippen LogP contribution >= 0.6 is 39.0 Å². The van der Waals surface area contributed by atoms with Crippen LogP contribution in [0.5, 0.6) is 5.75 Å². The molecule has 0 bridgehead atoms. The van der Waals surface area contributed by atoms with Crippen molar-refractivity contribution in [3.05, 3.63) is 33.7 Å². The van der Waals surface area contributed by atoms with Crippen LogP contribution in [0.3, 0.4) is 0 Å². The van der Waals surface area contributed by atoms with Crippen LogP contribution in [0, 0.1) is 17.8 Å². The normalized spacial score (nSPS) is 26.0. The maximum atomic E-state index is 12.3. The molecule has 1 aromatic carbocycles. The molecular formula is C23H27BrN2O4S2. The summed E-state index contributed by atoms with van der Waals surface area (Å²) in [6.07, 6.45) is 2.68. The van der Waals surface area contributed by atoms with Crippen molar-refractivity contribution in [1.29, 1.82) is 0 Å². The second-order valence-corrected chi connectivity index (χ2v) is 11.7. The minimum atomic E-state index is -0.716. The van der Waals surface area contributed by atoms with Gasteiger partial charge in [0.1, 0.15) is 15.2 Å². The van der Waals surface area contributed by atoms with Crippen LogP contribution in [0.2, 0.25) is 0 Å². The van der Waals surface area contributed by atoms with E-state index in [1.54, 1.807) is 7.11 Å². The quantitative estimate of drug-likeness (QED) is 0.384. The summed E-state index contributed by atoms with van der Waals surface area (Å²) < 4.78 is 18.4. The Morgan fingerprint density at radius 3 is 2.66 bits per heavy atom. The largest absolute Gasteiger partial charge is 0.497 e. The lowest BCUT2D eigenvalue weighted by Crippen LogP contribution is -2.37. The molecule has 0 saturated heterocycles. The van der Waals surface area contributed by atoms with E-state index in [1.165, 1.54) is 29.5 Å². The average Bonchev–Trinajstić information content (AvgIpc) is 3.34. The highest BCUT2D eigenvalue weighted by Gasteiger charge is 2.40. The van der Waals surface area contributed by atoms with Gasteiger partial charge in [-0.1, -0.05) is 50.3 Å². The van der Waals surface area contributed by atoms with E-state index in [-0.39, 0.29) is 6.10 Å². The number of esters is 1. The average molecular weight is 540 g/mol. The van der Waals surface area contributed by atoms with Crippen LogP contribution < -0.4 is 4.74 Å². The molecule has 32 heavy (non-hydrogen) atoms. The number of hydrogen-bond donors (Lipinski definition) is 0. The Morgan fingerprint density at radius 2 is 1.97 bits per heavy atom. The number of benzene rings is 1. The van der Waals surface area contributed by atoms with Gasteiger partial charge in [-0.15, -0.1) is 10.2 Å². The molecule has 6 nitrogen and oxygen atoms in total. The summed E-state index contributed by atoms with van der Waals surface area (Å²) >= 11 is 6.24. The summed E-state index contributed by atoms with van der Waals surface area (Å²) in [5, 5.41) is 9.44. The molecule has 1 fully saturated rings. The number of hydrogen-bond acceptors (Lipinski definition) is 8. The Kier molecular flexibility index (Phi) is 7.59. The number of thioether (sulfide) groups is 1. The molecule has 0 spiro atoms. The Bertz CT molecular complexity index is 992. The van der Waals surface area contributed by atoms with Gasteiger partial charge in [0, 0.05) is 5.56 Å². The SMILES string of the molecule is COc1ccc(-c2nnc(SC3=C(Br)C(=O)O[C@@H]3OC3CC(C)CCC3C(C)C)s2)cc1. The van der Waals surface area contributed by atoms with Crippen molar-refractivity contribution in [1.82, 2.24) is 10.2 Å². The highest BCUT2D eigenvalue weighted by Crippen LogP contribution is 2.44. The summed E-state index contributed by atoms with van der Waals surface area (Å²) in [6, 6.07) is 7.69. The van der Waals surface area contributed by atoms with Crippen LogP contribution in [0.25, 0.3) is 10.6 Å². The third-order valence-electron chi connectivity index (χ3n) is 6.02. The van der Waals surface area contributed by atoms with E-state index in [0.29, 0.717) is 27.1 Å². The lowest BCUT2D eigenvalue weighted by atomic mass is 9.75. The fraction of sp³-hybridized carbons (Fsp3) is 0.522. The van der Waals surface area contributed by atoms with Crippen LogP contribution in [0.15, 0.2) is 38.0 Å². The third kappa shape index (κ3) is 5.21. The molecule has 1 aliphatic heterocycles. The van der Waals surface area contributed by atoms with E-state index in [1.807, 2.05) is 24.3 Å². The van der Waals surface area contributed by atoms with Crippen molar-refractivity contribution in [3.63, 3.8) is 0 Å². The van der Waals surface area contributed by atoms with Crippen molar-refractivity contribution < 1.29 is 19.0 Å². The Balaban J connectivity index is 1.50. The van der Waals surface area contributed by atoms with Crippen molar-refractivity contribution in [2.24, 2.45) is 17.8 Å². The molecule has 9 heteroatoms. The summed E-state index contributed by atoms with van der Waals surface area (Å²) in [5.41, 5.74) is 0.964. The zero-order chi connectivity index (χ0) is 22.8. The number of rotatable bonds is 7. The molecule has 0 radical (unpaired) electrons. The van der Waals surface area contributed by atoms with Gasteiger partial charge in [-0.2, -0.15) is 0 Å². The lowest BCUT2D eigenvalue weighted by molar-refractivity contribution is -0.179. The number of nitrogens with zero attached hydrogens (tertiary/aromatic N) is 2. The van der Waals surface area contributed by atoms with Gasteiger partial charge in [-0.25, -0.2) is 4.79 Å². The molecule has 1 aromatic heterocycles. The van der Waals surface area contributed by atoms with Crippen molar-refractivity contribution >= 4 is 45.0 Å². The van der Waals surface area contributed by atoms with Gasteiger partial charge in [-0.3, -0.25) is 0 Å². The van der Waals surface area contributed by atoms with Crippen molar-refractivity contribution in [2.45, 2.75) is 56.8 Å². The number of halogens is 1. The lowest BCUT2D eigenvalue weighted by Gasteiger charge is -2.38. The molecule has 1 aliphatic carbocycles. The van der Waals surface area contributed by atoms with Gasteiger partial charge < -0.3 is 14.2 Å².